The number of benzene rings is 4. The van der Waals surface area contributed by atoms with Gasteiger partial charge in [0.25, 0.3) is 0 Å². The van der Waals surface area contributed by atoms with Gasteiger partial charge in [0.15, 0.2) is 0 Å². The van der Waals surface area contributed by atoms with Crippen LogP contribution in [0.3, 0.4) is 0 Å². The molecule has 3 aromatic heterocycles. The molecular formula is C43H31BN4O2PdPt. The number of nitrogens with zero attached hydrogens (tertiary/aromatic N) is 4. The van der Waals surface area contributed by atoms with E-state index in [2.05, 4.69) is 72.3 Å². The molecule has 0 atom stereocenters. The third-order valence-corrected chi connectivity index (χ3v) is 8.63. The zero-order valence-electron chi connectivity index (χ0n) is 29.1. The van der Waals surface area contributed by atoms with E-state index in [0.717, 1.165) is 72.4 Å². The molecule has 9 heteroatoms. The molecule has 7 aromatic rings. The van der Waals surface area contributed by atoms with Crippen molar-refractivity contribution in [3.05, 3.63) is 150 Å². The van der Waals surface area contributed by atoms with E-state index in [4.69, 9.17) is 19.4 Å². The van der Waals surface area contributed by atoms with E-state index in [9.17, 15) is 0 Å². The second-order valence-electron chi connectivity index (χ2n) is 12.9. The Morgan fingerprint density at radius 3 is 1.38 bits per heavy atom. The maximum Gasteiger partial charge on any atom is 2.00 e. The topological polar surface area (TPSA) is 70.0 Å². The van der Waals surface area contributed by atoms with Crippen LogP contribution in [0.15, 0.2) is 97.6 Å². The maximum absolute atomic E-state index is 6.42. The molecule has 4 heterocycles. The molecule has 0 saturated carbocycles. The van der Waals surface area contributed by atoms with Gasteiger partial charge in [-0.1, -0.05) is 61.4 Å². The normalized spacial score (nSPS) is 11.2. The van der Waals surface area contributed by atoms with E-state index in [0.29, 0.717) is 28.7 Å². The molecule has 0 N–H and O–H groups in total. The van der Waals surface area contributed by atoms with Crippen LogP contribution >= 0.6 is 0 Å². The fourth-order valence-electron chi connectivity index (χ4n) is 6.33. The molecule has 1 aliphatic heterocycles. The summed E-state index contributed by atoms with van der Waals surface area (Å²) < 4.78 is 12.8. The Hall–Kier alpha value is -4.72. The van der Waals surface area contributed by atoms with Gasteiger partial charge in [0.05, 0.1) is 5.72 Å². The summed E-state index contributed by atoms with van der Waals surface area (Å²) in [6.07, 6.45) is 7.30. The maximum atomic E-state index is 6.42. The van der Waals surface area contributed by atoms with Crippen molar-refractivity contribution >= 4 is 23.4 Å². The van der Waals surface area contributed by atoms with Gasteiger partial charge in [-0.15, -0.1) is 58.7 Å². The summed E-state index contributed by atoms with van der Waals surface area (Å²) in [4.78, 5) is 18.6. The van der Waals surface area contributed by atoms with Gasteiger partial charge >= 0.3 is 41.5 Å². The van der Waals surface area contributed by atoms with E-state index in [1.165, 1.54) is 0 Å². The summed E-state index contributed by atoms with van der Waals surface area (Å²) in [6.45, 7) is 9.84. The quantitative estimate of drug-likeness (QED) is 0.123. The predicted molar refractivity (Wildman–Crippen MR) is 197 cm³/mol. The Morgan fingerprint density at radius 1 is 0.481 bits per heavy atom. The summed E-state index contributed by atoms with van der Waals surface area (Å²) in [5.74, 6) is 2.33. The smallest absolute Gasteiger partial charge is 0.503 e. The number of hydrogen-bond donors (Lipinski definition) is 0. The van der Waals surface area contributed by atoms with Crippen LogP contribution in [0, 0.1) is 58.9 Å². The summed E-state index contributed by atoms with van der Waals surface area (Å²) in [5, 5.41) is 0. The molecule has 0 amide bonds. The standard InChI is InChI=1S/C43H31BN4O2.Pd.Pt/c1-26-10-12-45-41(18-26)31-14-28(3)16-35(20-31)49-33-6-8-37-38-9-7-34(23-40(38)44(39(37)22-33)43-47-24-30(5)25-48-43)50-36-17-29(4)15-32(21-36)42-19-27(2)11-13-46-42;;/h6-19,24-25H,1-5H3;;/q-4;2*+2. The SMILES string of the molecule is Cc1cnc(B2c3[c-]c(Oc4[c-]c(-c5cc(C)ccn5)cc(C)c4)ccc3-c3ccc(Oc4[c-]c(-c5cc(C)ccn5)cc(C)c4)[c-]c32)nc1.[Pd+2].[Pt+2]. The largest absolute Gasteiger partial charge is 2.00 e. The van der Waals surface area contributed by atoms with Crippen LogP contribution in [-0.4, -0.2) is 26.6 Å². The Bertz CT molecular complexity index is 2280. The van der Waals surface area contributed by atoms with Gasteiger partial charge in [-0.25, -0.2) is 0 Å². The second-order valence-corrected chi connectivity index (χ2v) is 12.9. The third kappa shape index (κ3) is 7.71. The average molecular weight is 948 g/mol. The van der Waals surface area contributed by atoms with E-state index < -0.39 is 0 Å². The minimum atomic E-state index is -0.324. The van der Waals surface area contributed by atoms with Crippen LogP contribution in [0.5, 0.6) is 23.0 Å². The van der Waals surface area contributed by atoms with Gasteiger partial charge < -0.3 is 19.4 Å². The first kappa shape index (κ1) is 37.0. The first-order chi connectivity index (χ1) is 24.3. The fourth-order valence-corrected chi connectivity index (χ4v) is 6.33. The fraction of sp³-hybridized carbons (Fsp3) is 0.116. The van der Waals surface area contributed by atoms with Crippen LogP contribution in [0.4, 0.5) is 0 Å². The van der Waals surface area contributed by atoms with Crippen molar-refractivity contribution in [2.75, 3.05) is 0 Å². The zero-order chi connectivity index (χ0) is 34.4. The summed E-state index contributed by atoms with van der Waals surface area (Å²) >= 11 is 0. The van der Waals surface area contributed by atoms with Crippen molar-refractivity contribution in [1.82, 2.24) is 19.9 Å². The van der Waals surface area contributed by atoms with Crippen molar-refractivity contribution in [3.63, 3.8) is 0 Å². The van der Waals surface area contributed by atoms with Crippen molar-refractivity contribution in [3.8, 4) is 56.6 Å². The van der Waals surface area contributed by atoms with Gasteiger partial charge in [0.1, 0.15) is 0 Å². The zero-order valence-corrected chi connectivity index (χ0v) is 32.9. The van der Waals surface area contributed by atoms with Crippen LogP contribution in [0.25, 0.3) is 33.6 Å². The van der Waals surface area contributed by atoms with Crippen LogP contribution in [0.1, 0.15) is 27.8 Å². The Kier molecular flexibility index (Phi) is 11.0. The van der Waals surface area contributed by atoms with Gasteiger partial charge in [-0.05, 0) is 49.9 Å². The first-order valence-electron chi connectivity index (χ1n) is 16.5. The number of rotatable bonds is 7. The number of hydrogen-bond acceptors (Lipinski definition) is 6. The number of pyridine rings is 2. The average Bonchev–Trinajstić information content (AvgIpc) is 3.41. The summed E-state index contributed by atoms with van der Waals surface area (Å²) in [6, 6.07) is 38.1. The molecule has 0 bridgehead atoms. The van der Waals surface area contributed by atoms with E-state index >= 15 is 0 Å². The molecule has 8 rings (SSSR count). The third-order valence-electron chi connectivity index (χ3n) is 8.63. The van der Waals surface area contributed by atoms with Crippen molar-refractivity contribution < 1.29 is 51.0 Å². The minimum absolute atomic E-state index is 0. The molecule has 258 valence electrons. The molecule has 1 aliphatic rings. The van der Waals surface area contributed by atoms with Gasteiger partial charge in [0, 0.05) is 47.8 Å². The molecule has 4 aromatic carbocycles. The van der Waals surface area contributed by atoms with Crippen LogP contribution in [0.2, 0.25) is 0 Å². The molecular weight excluding hydrogens is 917 g/mol. The molecule has 0 spiro atoms. The number of fused-ring (bicyclic) bond motifs is 3. The Labute approximate surface area is 333 Å². The summed E-state index contributed by atoms with van der Waals surface area (Å²) in [5.41, 5.74) is 13.3. The molecule has 0 aliphatic carbocycles. The minimum Gasteiger partial charge on any atom is -0.503 e. The van der Waals surface area contributed by atoms with Gasteiger partial charge in [0.2, 0.25) is 6.71 Å². The van der Waals surface area contributed by atoms with Crippen LogP contribution in [-0.2, 0) is 41.5 Å². The van der Waals surface area contributed by atoms with Crippen molar-refractivity contribution in [2.45, 2.75) is 34.6 Å². The molecule has 6 nitrogen and oxygen atoms in total. The number of ether oxygens (including phenoxy) is 2. The number of aromatic nitrogens is 4. The second kappa shape index (κ2) is 15.5. The summed E-state index contributed by atoms with van der Waals surface area (Å²) in [7, 11) is 0. The van der Waals surface area contributed by atoms with Crippen LogP contribution < -0.4 is 26.1 Å². The van der Waals surface area contributed by atoms with E-state index in [-0.39, 0.29) is 48.2 Å². The molecule has 0 saturated heterocycles. The Balaban J connectivity index is 0.00000232. The van der Waals surface area contributed by atoms with E-state index in [1.54, 1.807) is 0 Å². The predicted octanol–water partition coefficient (Wildman–Crippen LogP) is 7.42. The van der Waals surface area contributed by atoms with Gasteiger partial charge in [-0.2, -0.15) is 34.2 Å². The molecule has 0 radical (unpaired) electrons. The first-order valence-corrected chi connectivity index (χ1v) is 16.5. The van der Waals surface area contributed by atoms with Crippen molar-refractivity contribution in [2.24, 2.45) is 0 Å². The number of aryl methyl sites for hydroxylation is 5. The Morgan fingerprint density at radius 2 is 0.942 bits per heavy atom. The molecule has 0 fully saturated rings. The van der Waals surface area contributed by atoms with Crippen molar-refractivity contribution in [1.29, 1.82) is 0 Å². The van der Waals surface area contributed by atoms with E-state index in [1.807, 2.05) is 94.1 Å². The molecule has 0 unspecified atom stereocenters. The van der Waals surface area contributed by atoms with Gasteiger partial charge in [-0.3, -0.25) is 9.97 Å². The molecule has 52 heavy (non-hydrogen) atoms. The monoisotopic (exact) mass is 947 g/mol.